The van der Waals surface area contributed by atoms with Crippen LogP contribution in [0.2, 0.25) is 0 Å². The molecule has 1 aliphatic rings. The lowest BCUT2D eigenvalue weighted by molar-refractivity contribution is 0.171. The Balaban J connectivity index is 1.56. The van der Waals surface area contributed by atoms with Gasteiger partial charge in [-0.15, -0.1) is 0 Å². The van der Waals surface area contributed by atoms with Gasteiger partial charge in [-0.2, -0.15) is 0 Å². The standard InChI is InChI=1S/C20H25NO5S/c1-3-24-17-5-7-18(8-6-17)27(22,23)21-11-10-15(2)16-4-9-19-20(14-16)26-13-12-25-19/h4-9,14-15,21H,3,10-13H2,1-2H3. The Morgan fingerprint density at radius 1 is 1.07 bits per heavy atom. The third-order valence-electron chi connectivity index (χ3n) is 4.45. The number of sulfonamides is 1. The molecule has 0 fully saturated rings. The molecule has 6 nitrogen and oxygen atoms in total. The second-order valence-electron chi connectivity index (χ2n) is 6.40. The fourth-order valence-electron chi connectivity index (χ4n) is 2.91. The van der Waals surface area contributed by atoms with E-state index in [0.29, 0.717) is 38.5 Å². The number of hydrogen-bond acceptors (Lipinski definition) is 5. The lowest BCUT2D eigenvalue weighted by Crippen LogP contribution is -2.25. The zero-order valence-corrected chi connectivity index (χ0v) is 16.4. The number of benzene rings is 2. The van der Waals surface area contributed by atoms with Crippen molar-refractivity contribution in [2.45, 2.75) is 31.1 Å². The Morgan fingerprint density at radius 2 is 1.78 bits per heavy atom. The summed E-state index contributed by atoms with van der Waals surface area (Å²) in [6.45, 7) is 5.96. The first-order chi connectivity index (χ1) is 13.0. The Labute approximate surface area is 160 Å². The Bertz CT molecular complexity index is 864. The molecule has 0 saturated heterocycles. The van der Waals surface area contributed by atoms with Gasteiger partial charge in [-0.3, -0.25) is 0 Å². The van der Waals surface area contributed by atoms with Crippen molar-refractivity contribution in [1.82, 2.24) is 4.72 Å². The minimum atomic E-state index is -3.53. The highest BCUT2D eigenvalue weighted by Gasteiger charge is 2.17. The van der Waals surface area contributed by atoms with Gasteiger partial charge in [0, 0.05) is 6.54 Å². The van der Waals surface area contributed by atoms with Crippen LogP contribution in [0.25, 0.3) is 0 Å². The summed E-state index contributed by atoms with van der Waals surface area (Å²) in [4.78, 5) is 0.234. The Hall–Kier alpha value is -2.25. The highest BCUT2D eigenvalue weighted by molar-refractivity contribution is 7.89. The minimum absolute atomic E-state index is 0.184. The summed E-state index contributed by atoms with van der Waals surface area (Å²) in [6.07, 6.45) is 0.676. The largest absolute Gasteiger partial charge is 0.494 e. The maximum absolute atomic E-state index is 12.4. The molecule has 1 aliphatic heterocycles. The summed E-state index contributed by atoms with van der Waals surface area (Å²) in [5, 5.41) is 0. The molecular formula is C20H25NO5S. The summed E-state index contributed by atoms with van der Waals surface area (Å²) < 4.78 is 44.0. The second-order valence-corrected chi connectivity index (χ2v) is 8.16. The molecule has 146 valence electrons. The van der Waals surface area contributed by atoms with Crippen molar-refractivity contribution in [3.05, 3.63) is 48.0 Å². The van der Waals surface area contributed by atoms with E-state index in [-0.39, 0.29) is 10.8 Å². The predicted octanol–water partition coefficient (Wildman–Crippen LogP) is 3.33. The molecule has 2 aromatic rings. The summed E-state index contributed by atoms with van der Waals surface area (Å²) in [5.74, 6) is 2.35. The lowest BCUT2D eigenvalue weighted by Gasteiger charge is -2.20. The zero-order valence-electron chi connectivity index (χ0n) is 15.6. The molecule has 1 unspecified atom stereocenters. The van der Waals surface area contributed by atoms with Gasteiger partial charge in [-0.25, -0.2) is 13.1 Å². The third kappa shape index (κ3) is 4.93. The number of hydrogen-bond donors (Lipinski definition) is 1. The van der Waals surface area contributed by atoms with Crippen LogP contribution in [0, 0.1) is 0 Å². The van der Waals surface area contributed by atoms with Crippen LogP contribution in [0.5, 0.6) is 17.2 Å². The molecule has 2 aromatic carbocycles. The van der Waals surface area contributed by atoms with Crippen molar-refractivity contribution in [1.29, 1.82) is 0 Å². The van der Waals surface area contributed by atoms with E-state index in [9.17, 15) is 8.42 Å². The number of nitrogens with one attached hydrogen (secondary N) is 1. The SMILES string of the molecule is CCOc1ccc(S(=O)(=O)NCCC(C)c2ccc3c(c2)OCCO3)cc1. The molecule has 0 radical (unpaired) electrons. The van der Waals surface area contributed by atoms with Crippen LogP contribution in [0.15, 0.2) is 47.4 Å². The molecule has 0 bridgehead atoms. The van der Waals surface area contributed by atoms with Crippen molar-refractivity contribution in [3.8, 4) is 17.2 Å². The molecule has 3 rings (SSSR count). The van der Waals surface area contributed by atoms with Crippen LogP contribution in [-0.4, -0.2) is 34.8 Å². The molecule has 0 amide bonds. The molecule has 0 saturated carbocycles. The highest BCUT2D eigenvalue weighted by atomic mass is 32.2. The zero-order chi connectivity index (χ0) is 19.3. The molecule has 0 aliphatic carbocycles. The topological polar surface area (TPSA) is 73.9 Å². The Morgan fingerprint density at radius 3 is 2.48 bits per heavy atom. The Kier molecular flexibility index (Phi) is 6.23. The summed E-state index contributed by atoms with van der Waals surface area (Å²) in [6, 6.07) is 12.3. The third-order valence-corrected chi connectivity index (χ3v) is 5.93. The fraction of sp³-hybridized carbons (Fsp3) is 0.400. The van der Waals surface area contributed by atoms with Gasteiger partial charge in [-0.05, 0) is 61.2 Å². The average molecular weight is 391 g/mol. The van der Waals surface area contributed by atoms with Crippen molar-refractivity contribution >= 4 is 10.0 Å². The van der Waals surface area contributed by atoms with E-state index >= 15 is 0 Å². The molecule has 1 heterocycles. The van der Waals surface area contributed by atoms with Gasteiger partial charge in [0.25, 0.3) is 0 Å². The van der Waals surface area contributed by atoms with Gasteiger partial charge >= 0.3 is 0 Å². The van der Waals surface area contributed by atoms with Gasteiger partial charge in [0.05, 0.1) is 11.5 Å². The first-order valence-electron chi connectivity index (χ1n) is 9.11. The quantitative estimate of drug-likeness (QED) is 0.747. The molecule has 1 N–H and O–H groups in total. The average Bonchev–Trinajstić information content (AvgIpc) is 2.68. The maximum atomic E-state index is 12.4. The molecule has 0 aromatic heterocycles. The van der Waals surface area contributed by atoms with Crippen molar-refractivity contribution in [3.63, 3.8) is 0 Å². The summed E-state index contributed by atoms with van der Waals surface area (Å²) in [5.41, 5.74) is 1.10. The van der Waals surface area contributed by atoms with Gasteiger partial charge < -0.3 is 14.2 Å². The number of fused-ring (bicyclic) bond motifs is 1. The van der Waals surface area contributed by atoms with Crippen LogP contribution < -0.4 is 18.9 Å². The van der Waals surface area contributed by atoms with E-state index < -0.39 is 10.0 Å². The van der Waals surface area contributed by atoms with Gasteiger partial charge in [-0.1, -0.05) is 13.0 Å². The molecular weight excluding hydrogens is 366 g/mol. The second kappa shape index (κ2) is 8.63. The van der Waals surface area contributed by atoms with Crippen molar-refractivity contribution in [2.75, 3.05) is 26.4 Å². The molecule has 7 heteroatoms. The smallest absolute Gasteiger partial charge is 0.240 e. The summed E-state index contributed by atoms with van der Waals surface area (Å²) >= 11 is 0. The molecule has 0 spiro atoms. The normalized spacial score (nSPS) is 14.6. The minimum Gasteiger partial charge on any atom is -0.494 e. The predicted molar refractivity (Wildman–Crippen MR) is 103 cm³/mol. The van der Waals surface area contributed by atoms with E-state index in [4.69, 9.17) is 14.2 Å². The van der Waals surface area contributed by atoms with Gasteiger partial charge in [0.1, 0.15) is 19.0 Å². The van der Waals surface area contributed by atoms with E-state index in [1.54, 1.807) is 24.3 Å². The van der Waals surface area contributed by atoms with Crippen molar-refractivity contribution < 1.29 is 22.6 Å². The first kappa shape index (κ1) is 19.5. The highest BCUT2D eigenvalue weighted by Crippen LogP contribution is 2.33. The van der Waals surface area contributed by atoms with Crippen LogP contribution in [0.4, 0.5) is 0 Å². The monoisotopic (exact) mass is 391 g/mol. The van der Waals surface area contributed by atoms with Crippen molar-refractivity contribution in [2.24, 2.45) is 0 Å². The van der Waals surface area contributed by atoms with E-state index in [1.807, 2.05) is 25.1 Å². The fourth-order valence-corrected chi connectivity index (χ4v) is 3.96. The van der Waals surface area contributed by atoms with E-state index in [2.05, 4.69) is 11.6 Å². The van der Waals surface area contributed by atoms with Crippen LogP contribution in [0.3, 0.4) is 0 Å². The first-order valence-corrected chi connectivity index (χ1v) is 10.6. The number of rotatable bonds is 8. The van der Waals surface area contributed by atoms with Gasteiger partial charge in [0.2, 0.25) is 10.0 Å². The van der Waals surface area contributed by atoms with E-state index in [1.165, 1.54) is 0 Å². The van der Waals surface area contributed by atoms with Crippen LogP contribution in [0.1, 0.15) is 31.7 Å². The van der Waals surface area contributed by atoms with E-state index in [0.717, 1.165) is 17.1 Å². The van der Waals surface area contributed by atoms with Crippen LogP contribution >= 0.6 is 0 Å². The number of ether oxygens (including phenoxy) is 3. The summed E-state index contributed by atoms with van der Waals surface area (Å²) in [7, 11) is -3.53. The maximum Gasteiger partial charge on any atom is 0.240 e. The molecule has 27 heavy (non-hydrogen) atoms. The van der Waals surface area contributed by atoms with Gasteiger partial charge in [0.15, 0.2) is 11.5 Å². The molecule has 1 atom stereocenters. The van der Waals surface area contributed by atoms with Crippen LogP contribution in [-0.2, 0) is 10.0 Å². The lowest BCUT2D eigenvalue weighted by atomic mass is 9.97.